The van der Waals surface area contributed by atoms with E-state index in [0.29, 0.717) is 0 Å². The van der Waals surface area contributed by atoms with E-state index in [1.54, 1.807) is 20.8 Å². The molecule has 100 valence electrons. The highest BCUT2D eigenvalue weighted by Crippen LogP contribution is 2.32. The molecule has 0 amide bonds. The van der Waals surface area contributed by atoms with Crippen LogP contribution in [0.3, 0.4) is 0 Å². The molecular formula is C10H11F3N2O3. The second-order valence-electron chi connectivity index (χ2n) is 4.68. The van der Waals surface area contributed by atoms with Crippen molar-refractivity contribution in [2.45, 2.75) is 32.5 Å². The van der Waals surface area contributed by atoms with Crippen LogP contribution in [0.5, 0.6) is 0 Å². The van der Waals surface area contributed by atoms with Crippen molar-refractivity contribution in [1.29, 1.82) is 0 Å². The summed E-state index contributed by atoms with van der Waals surface area (Å²) in [6, 6.07) is 0.819. The van der Waals surface area contributed by atoms with Gasteiger partial charge in [-0.15, -0.1) is 0 Å². The van der Waals surface area contributed by atoms with Crippen LogP contribution in [0.1, 0.15) is 31.1 Å². The molecule has 1 heterocycles. The Morgan fingerprint density at radius 3 is 2.17 bits per heavy atom. The number of rotatable bonds is 2. The fraction of sp³-hybridized carbons (Fsp3) is 0.500. The second kappa shape index (κ2) is 4.11. The number of aromatic nitrogens is 1. The van der Waals surface area contributed by atoms with Crippen LogP contribution in [0.4, 0.5) is 19.0 Å². The number of nitrogens with zero attached hydrogens (tertiary/aromatic N) is 2. The number of carbonyl (C=O) groups excluding carboxylic acids is 1. The van der Waals surface area contributed by atoms with Gasteiger partial charge in [-0.1, -0.05) is 0 Å². The zero-order valence-electron chi connectivity index (χ0n) is 9.91. The molecule has 0 aliphatic rings. The first kappa shape index (κ1) is 14.2. The maximum absolute atomic E-state index is 12.3. The third-order valence-corrected chi connectivity index (χ3v) is 2.26. The van der Waals surface area contributed by atoms with Crippen molar-refractivity contribution in [1.82, 2.24) is 4.57 Å². The molecule has 0 N–H and O–H groups in total. The summed E-state index contributed by atoms with van der Waals surface area (Å²) in [5, 5.41) is 10.8. The summed E-state index contributed by atoms with van der Waals surface area (Å²) < 4.78 is 37.9. The molecule has 0 radical (unpaired) electrons. The minimum atomic E-state index is -5.13. The van der Waals surface area contributed by atoms with E-state index >= 15 is 0 Å². The van der Waals surface area contributed by atoms with Gasteiger partial charge >= 0.3 is 12.0 Å². The van der Waals surface area contributed by atoms with Gasteiger partial charge in [-0.25, -0.2) is 4.57 Å². The first-order valence-corrected chi connectivity index (χ1v) is 4.94. The van der Waals surface area contributed by atoms with Crippen LogP contribution < -0.4 is 0 Å². The summed E-state index contributed by atoms with van der Waals surface area (Å²) >= 11 is 0. The summed E-state index contributed by atoms with van der Waals surface area (Å²) in [5.41, 5.74) is -1.74. The molecule has 0 bridgehead atoms. The summed E-state index contributed by atoms with van der Waals surface area (Å²) in [4.78, 5) is 21.0. The Bertz CT molecular complexity index is 497. The third-order valence-electron chi connectivity index (χ3n) is 2.26. The molecule has 0 atom stereocenters. The predicted molar refractivity (Wildman–Crippen MR) is 56.5 cm³/mol. The van der Waals surface area contributed by atoms with E-state index in [1.165, 1.54) is 0 Å². The molecule has 8 heteroatoms. The quantitative estimate of drug-likeness (QED) is 0.468. The van der Waals surface area contributed by atoms with E-state index < -0.39 is 33.8 Å². The molecular weight excluding hydrogens is 253 g/mol. The lowest BCUT2D eigenvalue weighted by molar-refractivity contribution is -0.393. The Morgan fingerprint density at radius 1 is 1.33 bits per heavy atom. The van der Waals surface area contributed by atoms with Gasteiger partial charge in [0.05, 0.1) is 6.20 Å². The molecule has 5 nitrogen and oxygen atoms in total. The number of halogens is 3. The lowest BCUT2D eigenvalue weighted by atomic mass is 10.1. The lowest BCUT2D eigenvalue weighted by Gasteiger charge is -2.17. The van der Waals surface area contributed by atoms with Crippen LogP contribution in [-0.2, 0) is 5.54 Å². The normalized spacial score (nSPS) is 12.6. The maximum atomic E-state index is 12.3. The van der Waals surface area contributed by atoms with Crippen molar-refractivity contribution < 1.29 is 22.9 Å². The minimum absolute atomic E-state index is 0.799. The van der Waals surface area contributed by atoms with Crippen molar-refractivity contribution in [2.75, 3.05) is 0 Å². The molecule has 0 aromatic carbocycles. The van der Waals surface area contributed by atoms with Crippen molar-refractivity contribution in [2.24, 2.45) is 0 Å². The molecule has 18 heavy (non-hydrogen) atoms. The van der Waals surface area contributed by atoms with Gasteiger partial charge in [-0.3, -0.25) is 4.79 Å². The lowest BCUT2D eigenvalue weighted by Crippen LogP contribution is -2.26. The van der Waals surface area contributed by atoms with Crippen LogP contribution in [0.2, 0.25) is 0 Å². The Kier molecular flexibility index (Phi) is 3.24. The average Bonchev–Trinajstić information content (AvgIpc) is 2.57. The Hall–Kier alpha value is -1.86. The summed E-state index contributed by atoms with van der Waals surface area (Å²) in [5.74, 6) is -3.05. The highest BCUT2D eigenvalue weighted by molar-refractivity contribution is 6.03. The first-order chi connectivity index (χ1) is 7.96. The average molecular weight is 264 g/mol. The predicted octanol–water partition coefficient (Wildman–Crippen LogP) is 2.90. The van der Waals surface area contributed by atoms with E-state index in [-0.39, 0.29) is 0 Å². The fourth-order valence-corrected chi connectivity index (χ4v) is 1.48. The largest absolute Gasteiger partial charge is 0.455 e. The van der Waals surface area contributed by atoms with Gasteiger partial charge < -0.3 is 10.1 Å². The molecule has 0 aliphatic heterocycles. The number of Topliss-reactive ketones (excluding diaryl/α,β-unsaturated/α-hetero) is 1. The summed E-state index contributed by atoms with van der Waals surface area (Å²) in [6.45, 7) is 4.76. The highest BCUT2D eigenvalue weighted by atomic mass is 19.4. The Balaban J connectivity index is 3.46. The van der Waals surface area contributed by atoms with Crippen molar-refractivity contribution >= 4 is 11.6 Å². The van der Waals surface area contributed by atoms with Gasteiger partial charge in [0.15, 0.2) is 0 Å². The standard InChI is InChI=1S/C10H11F3N2O3/c1-9(2,3)14-5-4-6(8(14)15(17)18)7(16)10(11,12)13/h4-5H,1-3H3. The molecule has 0 unspecified atom stereocenters. The Morgan fingerprint density at radius 2 is 1.83 bits per heavy atom. The van der Waals surface area contributed by atoms with E-state index in [9.17, 15) is 28.1 Å². The number of hydrogen-bond donors (Lipinski definition) is 0. The van der Waals surface area contributed by atoms with E-state index in [4.69, 9.17) is 0 Å². The van der Waals surface area contributed by atoms with Crippen LogP contribution in [0.25, 0.3) is 0 Å². The third kappa shape index (κ3) is 2.52. The van der Waals surface area contributed by atoms with Gasteiger partial charge in [0.1, 0.15) is 11.1 Å². The van der Waals surface area contributed by atoms with Gasteiger partial charge in [-0.2, -0.15) is 13.2 Å². The van der Waals surface area contributed by atoms with Gasteiger partial charge in [0.25, 0.3) is 5.78 Å². The van der Waals surface area contributed by atoms with Gasteiger partial charge in [0, 0.05) is 0 Å². The summed E-state index contributed by atoms with van der Waals surface area (Å²) in [7, 11) is 0. The van der Waals surface area contributed by atoms with Crippen molar-refractivity contribution in [3.05, 3.63) is 27.9 Å². The number of alkyl halides is 3. The van der Waals surface area contributed by atoms with Crippen molar-refractivity contribution in [3.8, 4) is 0 Å². The molecule has 0 spiro atoms. The molecule has 0 saturated heterocycles. The van der Waals surface area contributed by atoms with Crippen LogP contribution in [0, 0.1) is 10.1 Å². The molecule has 1 aromatic rings. The Labute approximate surface area is 100 Å². The van der Waals surface area contributed by atoms with Gasteiger partial charge in [-0.05, 0) is 31.8 Å². The molecule has 0 aliphatic carbocycles. The zero-order valence-corrected chi connectivity index (χ0v) is 9.91. The second-order valence-corrected chi connectivity index (χ2v) is 4.68. The topological polar surface area (TPSA) is 65.1 Å². The SMILES string of the molecule is CC(C)(C)n1ccc(C(=O)C(F)(F)F)c1[N+](=O)[O-]. The van der Waals surface area contributed by atoms with Crippen LogP contribution >= 0.6 is 0 Å². The minimum Gasteiger partial charge on any atom is -0.358 e. The van der Waals surface area contributed by atoms with E-state index in [0.717, 1.165) is 16.8 Å². The van der Waals surface area contributed by atoms with Crippen LogP contribution in [-0.4, -0.2) is 21.4 Å². The number of nitro groups is 1. The van der Waals surface area contributed by atoms with E-state index in [1.807, 2.05) is 0 Å². The highest BCUT2D eigenvalue weighted by Gasteiger charge is 2.44. The molecule has 1 rings (SSSR count). The van der Waals surface area contributed by atoms with Crippen LogP contribution in [0.15, 0.2) is 12.3 Å². The fourth-order valence-electron chi connectivity index (χ4n) is 1.48. The number of ketones is 1. The van der Waals surface area contributed by atoms with Gasteiger partial charge in [0.2, 0.25) is 0 Å². The monoisotopic (exact) mass is 264 g/mol. The smallest absolute Gasteiger partial charge is 0.358 e. The number of hydrogen-bond acceptors (Lipinski definition) is 3. The molecule has 1 aromatic heterocycles. The molecule has 0 saturated carbocycles. The maximum Gasteiger partial charge on any atom is 0.455 e. The zero-order chi connectivity index (χ0) is 14.3. The van der Waals surface area contributed by atoms with E-state index in [2.05, 4.69) is 0 Å². The number of carbonyl (C=O) groups is 1. The summed E-state index contributed by atoms with van der Waals surface area (Å²) in [6.07, 6.45) is -4.02. The molecule has 0 fully saturated rings. The first-order valence-electron chi connectivity index (χ1n) is 4.94. The van der Waals surface area contributed by atoms with Crippen molar-refractivity contribution in [3.63, 3.8) is 0 Å².